The van der Waals surface area contributed by atoms with Crippen LogP contribution in [0.3, 0.4) is 0 Å². The Bertz CT molecular complexity index is 1060. The molecule has 0 unspecified atom stereocenters. The number of carbonyl (C=O) groups is 2. The van der Waals surface area contributed by atoms with E-state index in [1.165, 1.54) is 17.0 Å². The second-order valence-corrected chi connectivity index (χ2v) is 9.71. The second-order valence-electron chi connectivity index (χ2n) is 9.71. The molecular weight excluding hydrogens is 452 g/mol. The number of aromatic hydroxyl groups is 1. The van der Waals surface area contributed by atoms with Gasteiger partial charge in [-0.15, -0.1) is 0 Å². The third kappa shape index (κ3) is 4.94. The number of phenols is 1. The molecule has 35 heavy (non-hydrogen) atoms. The van der Waals surface area contributed by atoms with Gasteiger partial charge in [0.1, 0.15) is 0 Å². The van der Waals surface area contributed by atoms with Crippen LogP contribution in [-0.4, -0.2) is 58.3 Å². The van der Waals surface area contributed by atoms with Crippen LogP contribution in [-0.2, 0) is 14.2 Å². The summed E-state index contributed by atoms with van der Waals surface area (Å²) < 4.78 is 19.7. The molecule has 0 bridgehead atoms. The van der Waals surface area contributed by atoms with Crippen LogP contribution >= 0.6 is 0 Å². The van der Waals surface area contributed by atoms with Crippen LogP contribution in [0.5, 0.6) is 5.75 Å². The number of amides is 2. The summed E-state index contributed by atoms with van der Waals surface area (Å²) in [7, 11) is -1.06. The van der Waals surface area contributed by atoms with Gasteiger partial charge in [-0.25, -0.2) is 4.39 Å². The number of hydrogen-bond acceptors (Lipinski definition) is 6. The number of fused-ring (bicyclic) bond motifs is 3. The maximum atomic E-state index is 13.8. The van der Waals surface area contributed by atoms with E-state index in [2.05, 4.69) is 0 Å². The molecule has 0 spiro atoms. The van der Waals surface area contributed by atoms with Gasteiger partial charge in [0, 0.05) is 6.54 Å². The number of phenolic OH excluding ortho intramolecular Hbond substituents is 1. The van der Waals surface area contributed by atoms with Gasteiger partial charge in [0.05, 0.1) is 24.5 Å². The van der Waals surface area contributed by atoms with E-state index in [0.717, 1.165) is 23.1 Å². The van der Waals surface area contributed by atoms with Crippen molar-refractivity contribution in [2.24, 2.45) is 17.8 Å². The standard InChI is InChI=1S/C26H33BFNO6/c1-3-9-29-25(32)18-12-17(14-30)23-19(24(18)26(29)33)13-27(34)35-22(23)8-6-15(4-2)10-16-5-7-21(31)20(28)11-16/h5,7,10-11,18-19,22,24,30-31,34H,3-4,6,8-9,12-14H2,1-2H3/b15-10+/t18-,19+,22-,24-/m1/s1. The molecule has 3 N–H and O–H groups in total. The first kappa shape index (κ1) is 25.6. The van der Waals surface area contributed by atoms with Crippen molar-refractivity contribution in [2.75, 3.05) is 13.2 Å². The minimum Gasteiger partial charge on any atom is -0.505 e. The number of likely N-dealkylation sites (tertiary alicyclic amines) is 1. The lowest BCUT2D eigenvalue weighted by Crippen LogP contribution is -2.46. The van der Waals surface area contributed by atoms with Gasteiger partial charge in [0.15, 0.2) is 11.6 Å². The molecule has 2 amide bonds. The predicted octanol–water partition coefficient (Wildman–Crippen LogP) is 3.30. The summed E-state index contributed by atoms with van der Waals surface area (Å²) in [5.74, 6) is -2.80. The normalized spacial score (nSPS) is 26.9. The lowest BCUT2D eigenvalue weighted by atomic mass is 9.58. The quantitative estimate of drug-likeness (QED) is 0.296. The zero-order valence-corrected chi connectivity index (χ0v) is 20.2. The number of benzene rings is 1. The first-order chi connectivity index (χ1) is 16.8. The zero-order chi connectivity index (χ0) is 25.3. The van der Waals surface area contributed by atoms with Crippen LogP contribution < -0.4 is 0 Å². The number of aliphatic hydroxyl groups excluding tert-OH is 1. The minimum atomic E-state index is -1.06. The Labute approximate surface area is 205 Å². The van der Waals surface area contributed by atoms with Gasteiger partial charge < -0.3 is 19.9 Å². The Morgan fingerprint density at radius 2 is 2.03 bits per heavy atom. The number of allylic oxidation sites excluding steroid dienone is 1. The maximum absolute atomic E-state index is 13.8. The summed E-state index contributed by atoms with van der Waals surface area (Å²) in [4.78, 5) is 27.5. The molecule has 7 nitrogen and oxygen atoms in total. The van der Waals surface area contributed by atoms with Gasteiger partial charge in [-0.1, -0.05) is 31.6 Å². The Kier molecular flexibility index (Phi) is 7.78. The number of imide groups is 1. The SMILES string of the molecule is CCCN1C(=O)[C@@H]2[C@@H](CC(CO)=C3[C@@H](CC/C(=C/c4ccc(O)c(F)c4)CC)OB(O)C[C@@H]32)C1=O. The highest BCUT2D eigenvalue weighted by atomic mass is 19.1. The zero-order valence-electron chi connectivity index (χ0n) is 20.2. The monoisotopic (exact) mass is 485 g/mol. The van der Waals surface area contributed by atoms with Gasteiger partial charge in [-0.3, -0.25) is 14.5 Å². The molecule has 188 valence electrons. The fourth-order valence-corrected chi connectivity index (χ4v) is 5.94. The number of nitrogens with zero attached hydrogens (tertiary/aromatic N) is 1. The summed E-state index contributed by atoms with van der Waals surface area (Å²) >= 11 is 0. The Morgan fingerprint density at radius 3 is 2.69 bits per heavy atom. The van der Waals surface area contributed by atoms with Crippen molar-refractivity contribution < 1.29 is 33.9 Å². The average Bonchev–Trinajstić information content (AvgIpc) is 3.08. The smallest absolute Gasteiger partial charge is 0.455 e. The first-order valence-electron chi connectivity index (χ1n) is 12.5. The number of hydrogen-bond donors (Lipinski definition) is 3. The minimum absolute atomic E-state index is 0.179. The Morgan fingerprint density at radius 1 is 1.26 bits per heavy atom. The Hall–Kier alpha value is -2.49. The third-order valence-corrected chi connectivity index (χ3v) is 7.56. The molecule has 0 radical (unpaired) electrons. The fraction of sp³-hybridized carbons (Fsp3) is 0.538. The van der Waals surface area contributed by atoms with Crippen molar-refractivity contribution in [1.82, 2.24) is 4.90 Å². The van der Waals surface area contributed by atoms with E-state index in [1.807, 2.05) is 19.9 Å². The van der Waals surface area contributed by atoms with Gasteiger partial charge in [0.2, 0.25) is 11.8 Å². The van der Waals surface area contributed by atoms with E-state index in [9.17, 15) is 29.2 Å². The highest BCUT2D eigenvalue weighted by Gasteiger charge is 2.56. The van der Waals surface area contributed by atoms with E-state index in [-0.39, 0.29) is 30.7 Å². The molecule has 2 saturated heterocycles. The van der Waals surface area contributed by atoms with Crippen LogP contribution in [0.4, 0.5) is 4.39 Å². The lowest BCUT2D eigenvalue weighted by molar-refractivity contribution is -0.140. The summed E-state index contributed by atoms with van der Waals surface area (Å²) in [6.45, 7) is 4.08. The molecule has 0 aromatic heterocycles. The topological polar surface area (TPSA) is 107 Å². The van der Waals surface area contributed by atoms with Gasteiger partial charge in [-0.05, 0) is 73.2 Å². The molecule has 0 saturated carbocycles. The Balaban J connectivity index is 1.58. The van der Waals surface area contributed by atoms with Crippen LogP contribution in [0, 0.1) is 23.6 Å². The number of rotatable bonds is 8. The first-order valence-corrected chi connectivity index (χ1v) is 12.5. The second kappa shape index (κ2) is 10.6. The fourth-order valence-electron chi connectivity index (χ4n) is 5.94. The molecule has 3 aliphatic rings. The highest BCUT2D eigenvalue weighted by Crippen LogP contribution is 2.50. The van der Waals surface area contributed by atoms with Crippen LogP contribution in [0.25, 0.3) is 6.08 Å². The van der Waals surface area contributed by atoms with E-state index < -0.39 is 36.6 Å². The van der Waals surface area contributed by atoms with Crippen molar-refractivity contribution in [3.8, 4) is 5.75 Å². The number of aliphatic hydroxyl groups is 1. The van der Waals surface area contributed by atoms with Crippen molar-refractivity contribution in [3.05, 3.63) is 46.3 Å². The third-order valence-electron chi connectivity index (χ3n) is 7.56. The van der Waals surface area contributed by atoms with Crippen LogP contribution in [0.1, 0.15) is 51.5 Å². The van der Waals surface area contributed by atoms with Gasteiger partial charge in [-0.2, -0.15) is 0 Å². The van der Waals surface area contributed by atoms with E-state index in [0.29, 0.717) is 37.8 Å². The van der Waals surface area contributed by atoms with E-state index in [1.54, 1.807) is 6.07 Å². The lowest BCUT2D eigenvalue weighted by Gasteiger charge is -2.43. The summed E-state index contributed by atoms with van der Waals surface area (Å²) in [5.41, 5.74) is 3.26. The molecular formula is C26H33BFNO6. The van der Waals surface area contributed by atoms with Crippen LogP contribution in [0.15, 0.2) is 34.9 Å². The molecule has 4 atom stereocenters. The van der Waals surface area contributed by atoms with Gasteiger partial charge in [0.25, 0.3) is 0 Å². The largest absolute Gasteiger partial charge is 0.505 e. The molecule has 4 rings (SSSR count). The molecule has 1 aromatic rings. The van der Waals surface area contributed by atoms with E-state index in [4.69, 9.17) is 4.65 Å². The van der Waals surface area contributed by atoms with Crippen molar-refractivity contribution in [2.45, 2.75) is 58.4 Å². The summed E-state index contributed by atoms with van der Waals surface area (Å²) in [5, 5.41) is 30.1. The molecule has 2 heterocycles. The number of carbonyl (C=O) groups excluding carboxylic acids is 2. The number of halogens is 1. The van der Waals surface area contributed by atoms with Gasteiger partial charge >= 0.3 is 7.12 Å². The predicted molar refractivity (Wildman–Crippen MR) is 129 cm³/mol. The maximum Gasteiger partial charge on any atom is 0.455 e. The van der Waals surface area contributed by atoms with Crippen molar-refractivity contribution in [1.29, 1.82) is 0 Å². The van der Waals surface area contributed by atoms with Crippen molar-refractivity contribution >= 4 is 25.0 Å². The molecule has 1 aliphatic carbocycles. The van der Waals surface area contributed by atoms with E-state index >= 15 is 0 Å². The summed E-state index contributed by atoms with van der Waals surface area (Å²) in [6, 6.07) is 4.24. The molecule has 2 aliphatic heterocycles. The average molecular weight is 485 g/mol. The van der Waals surface area contributed by atoms with Crippen molar-refractivity contribution in [3.63, 3.8) is 0 Å². The summed E-state index contributed by atoms with van der Waals surface area (Å²) in [6.07, 6.45) is 4.46. The molecule has 9 heteroatoms. The molecule has 1 aromatic carbocycles. The molecule has 2 fully saturated rings. The van der Waals surface area contributed by atoms with Crippen LogP contribution in [0.2, 0.25) is 6.32 Å². The highest BCUT2D eigenvalue weighted by molar-refractivity contribution is 6.43.